The van der Waals surface area contributed by atoms with E-state index in [1.165, 1.54) is 22.3 Å². The lowest BCUT2D eigenvalue weighted by molar-refractivity contribution is 1.15. The molecule has 0 atom stereocenters. The molecule has 0 N–H and O–H groups in total. The Labute approximate surface area is 196 Å². The Morgan fingerprint density at radius 1 is 0.452 bits per heavy atom. The monoisotopic (exact) mass is 441 g/mol. The van der Waals surface area contributed by atoms with E-state index in [2.05, 4.69) is 127 Å². The summed E-state index contributed by atoms with van der Waals surface area (Å²) in [5, 5.41) is 0. The average Bonchev–Trinajstić information content (AvgIpc) is 2.83. The van der Waals surface area contributed by atoms with Crippen molar-refractivity contribution >= 4 is 42.3 Å². The van der Waals surface area contributed by atoms with Gasteiger partial charge in [-0.25, -0.2) is 0 Å². The van der Waals surface area contributed by atoms with Gasteiger partial charge in [0.1, 0.15) is 0 Å². The Morgan fingerprint density at radius 2 is 0.839 bits per heavy atom. The molecule has 0 spiro atoms. The molecule has 3 heteroatoms. The maximum Gasteiger partial charge on any atom is 0.0462 e. The zero-order valence-corrected chi connectivity index (χ0v) is 19.3. The molecular formula is C28H27NS2. The second-order valence-corrected chi connectivity index (χ2v) is 8.42. The fourth-order valence-corrected chi connectivity index (χ4v) is 4.28. The minimum atomic E-state index is 0.858. The third kappa shape index (κ3) is 5.36. The van der Waals surface area contributed by atoms with Gasteiger partial charge in [-0.1, -0.05) is 66.7 Å². The summed E-state index contributed by atoms with van der Waals surface area (Å²) in [5.41, 5.74) is 8.51. The molecule has 0 fully saturated rings. The summed E-state index contributed by atoms with van der Waals surface area (Å²) in [5.74, 6) is 1.72. The minimum absolute atomic E-state index is 0.858. The third-order valence-corrected chi connectivity index (χ3v) is 5.87. The Bertz CT molecular complexity index is 1020. The number of benzene rings is 4. The van der Waals surface area contributed by atoms with Crippen LogP contribution in [0.3, 0.4) is 0 Å². The molecule has 0 aliphatic carbocycles. The van der Waals surface area contributed by atoms with Gasteiger partial charge in [0.25, 0.3) is 0 Å². The van der Waals surface area contributed by atoms with E-state index in [1.807, 2.05) is 6.07 Å². The number of hydrogen-bond donors (Lipinski definition) is 2. The van der Waals surface area contributed by atoms with Gasteiger partial charge in [0.05, 0.1) is 0 Å². The van der Waals surface area contributed by atoms with Gasteiger partial charge in [-0.15, -0.1) is 0 Å². The van der Waals surface area contributed by atoms with Gasteiger partial charge in [0.15, 0.2) is 0 Å². The van der Waals surface area contributed by atoms with Crippen molar-refractivity contribution in [3.8, 4) is 11.1 Å². The number of hydrogen-bond acceptors (Lipinski definition) is 3. The van der Waals surface area contributed by atoms with Crippen LogP contribution in [0.25, 0.3) is 11.1 Å². The molecule has 156 valence electrons. The predicted octanol–water partition coefficient (Wildman–Crippen LogP) is 7.77. The maximum atomic E-state index is 4.36. The van der Waals surface area contributed by atoms with Crippen molar-refractivity contribution < 1.29 is 0 Å². The van der Waals surface area contributed by atoms with Gasteiger partial charge in [0.2, 0.25) is 0 Å². The molecule has 4 aromatic carbocycles. The predicted molar refractivity (Wildman–Crippen MR) is 142 cm³/mol. The molecule has 0 radical (unpaired) electrons. The summed E-state index contributed by atoms with van der Waals surface area (Å²) >= 11 is 8.73. The molecule has 0 aliphatic rings. The molecule has 0 amide bonds. The third-order valence-electron chi connectivity index (χ3n) is 5.42. The van der Waals surface area contributed by atoms with Gasteiger partial charge >= 0.3 is 0 Å². The van der Waals surface area contributed by atoms with Gasteiger partial charge in [-0.05, 0) is 83.0 Å². The lowest BCUT2D eigenvalue weighted by atomic mass is 10.0. The van der Waals surface area contributed by atoms with E-state index in [9.17, 15) is 0 Å². The Balaban J connectivity index is 1.71. The average molecular weight is 442 g/mol. The first-order chi connectivity index (χ1) is 15.3. The van der Waals surface area contributed by atoms with E-state index >= 15 is 0 Å². The summed E-state index contributed by atoms with van der Waals surface area (Å²) in [6, 6.07) is 36.9. The smallest absolute Gasteiger partial charge is 0.0462 e. The highest BCUT2D eigenvalue weighted by Gasteiger charge is 2.13. The summed E-state index contributed by atoms with van der Waals surface area (Å²) in [6.07, 6.45) is 1.96. The number of rotatable bonds is 8. The van der Waals surface area contributed by atoms with Gasteiger partial charge < -0.3 is 4.90 Å². The molecule has 0 bridgehead atoms. The number of nitrogens with zero attached hydrogens (tertiary/aromatic N) is 1. The van der Waals surface area contributed by atoms with Crippen LogP contribution < -0.4 is 4.90 Å². The highest BCUT2D eigenvalue weighted by molar-refractivity contribution is 7.80. The Kier molecular flexibility index (Phi) is 7.39. The van der Waals surface area contributed by atoms with Crippen LogP contribution >= 0.6 is 25.3 Å². The van der Waals surface area contributed by atoms with Crippen LogP contribution in [0.4, 0.5) is 17.1 Å². The Morgan fingerprint density at radius 3 is 1.26 bits per heavy atom. The first kappa shape index (κ1) is 21.6. The molecule has 0 saturated heterocycles. The van der Waals surface area contributed by atoms with Crippen molar-refractivity contribution in [3.63, 3.8) is 0 Å². The highest BCUT2D eigenvalue weighted by atomic mass is 32.1. The summed E-state index contributed by atoms with van der Waals surface area (Å²) < 4.78 is 0. The van der Waals surface area contributed by atoms with E-state index in [1.54, 1.807) is 0 Å². The SMILES string of the molecule is SCCc1ccc(N(c2ccc(CCS)cc2)c2ccc(-c3ccccc3)cc2)cc1. The van der Waals surface area contributed by atoms with Crippen molar-refractivity contribution in [2.45, 2.75) is 12.8 Å². The van der Waals surface area contributed by atoms with Gasteiger partial charge in [-0.3, -0.25) is 0 Å². The van der Waals surface area contributed by atoms with Crippen LogP contribution in [0.1, 0.15) is 11.1 Å². The second kappa shape index (κ2) is 10.6. The van der Waals surface area contributed by atoms with E-state index in [0.29, 0.717) is 0 Å². The first-order valence-corrected chi connectivity index (χ1v) is 11.9. The van der Waals surface area contributed by atoms with Crippen LogP contribution in [0.15, 0.2) is 103 Å². The number of anilines is 3. The zero-order valence-electron chi connectivity index (χ0n) is 17.5. The maximum absolute atomic E-state index is 4.36. The van der Waals surface area contributed by atoms with Crippen molar-refractivity contribution in [2.75, 3.05) is 16.4 Å². The van der Waals surface area contributed by atoms with Crippen LogP contribution in [0.5, 0.6) is 0 Å². The van der Waals surface area contributed by atoms with E-state index in [0.717, 1.165) is 41.4 Å². The fraction of sp³-hybridized carbons (Fsp3) is 0.143. The highest BCUT2D eigenvalue weighted by Crippen LogP contribution is 2.36. The molecule has 31 heavy (non-hydrogen) atoms. The molecule has 0 heterocycles. The second-order valence-electron chi connectivity index (χ2n) is 7.53. The van der Waals surface area contributed by atoms with E-state index < -0.39 is 0 Å². The summed E-state index contributed by atoms with van der Waals surface area (Å²) in [6.45, 7) is 0. The van der Waals surface area contributed by atoms with Crippen molar-refractivity contribution in [2.24, 2.45) is 0 Å². The normalized spacial score (nSPS) is 10.8. The molecule has 0 saturated carbocycles. The molecule has 0 aliphatic heterocycles. The van der Waals surface area contributed by atoms with Gasteiger partial charge in [-0.2, -0.15) is 25.3 Å². The topological polar surface area (TPSA) is 3.24 Å². The molecule has 4 aromatic rings. The lowest BCUT2D eigenvalue weighted by Crippen LogP contribution is -2.10. The molecule has 0 aromatic heterocycles. The number of aryl methyl sites for hydroxylation is 2. The standard InChI is InChI=1S/C28H27NS2/c30-20-18-22-6-12-26(13-7-22)29(27-14-8-23(9-15-27)19-21-31)28-16-10-25(11-17-28)24-4-2-1-3-5-24/h1-17,30-31H,18-21H2. The quantitative estimate of drug-likeness (QED) is 0.264. The largest absolute Gasteiger partial charge is 0.311 e. The summed E-state index contributed by atoms with van der Waals surface area (Å²) in [7, 11) is 0. The molecule has 1 nitrogen and oxygen atoms in total. The van der Waals surface area contributed by atoms with Crippen molar-refractivity contribution in [3.05, 3.63) is 114 Å². The fourth-order valence-electron chi connectivity index (χ4n) is 3.76. The van der Waals surface area contributed by atoms with Crippen LogP contribution in [0, 0.1) is 0 Å². The molecular weight excluding hydrogens is 414 g/mol. The van der Waals surface area contributed by atoms with Crippen LogP contribution in [-0.4, -0.2) is 11.5 Å². The summed E-state index contributed by atoms with van der Waals surface area (Å²) in [4.78, 5) is 2.31. The van der Waals surface area contributed by atoms with Crippen molar-refractivity contribution in [1.82, 2.24) is 0 Å². The van der Waals surface area contributed by atoms with Crippen molar-refractivity contribution in [1.29, 1.82) is 0 Å². The van der Waals surface area contributed by atoms with E-state index in [4.69, 9.17) is 0 Å². The molecule has 4 rings (SSSR count). The van der Waals surface area contributed by atoms with E-state index in [-0.39, 0.29) is 0 Å². The van der Waals surface area contributed by atoms with Crippen LogP contribution in [0.2, 0.25) is 0 Å². The minimum Gasteiger partial charge on any atom is -0.311 e. The zero-order chi connectivity index (χ0) is 21.5. The number of thiol groups is 2. The molecule has 0 unspecified atom stereocenters. The first-order valence-electron chi connectivity index (χ1n) is 10.6. The van der Waals surface area contributed by atoms with Crippen LogP contribution in [-0.2, 0) is 12.8 Å². The Hall–Kier alpha value is -2.62. The lowest BCUT2D eigenvalue weighted by Gasteiger charge is -2.26. The van der Waals surface area contributed by atoms with Gasteiger partial charge in [0, 0.05) is 17.1 Å².